The summed E-state index contributed by atoms with van der Waals surface area (Å²) in [4.78, 5) is 34.6. The van der Waals surface area contributed by atoms with E-state index in [9.17, 15) is 9.59 Å². The summed E-state index contributed by atoms with van der Waals surface area (Å²) in [7, 11) is 0. The summed E-state index contributed by atoms with van der Waals surface area (Å²) in [5.74, 6) is 0.350. The van der Waals surface area contributed by atoms with Crippen molar-refractivity contribution in [3.63, 3.8) is 0 Å². The van der Waals surface area contributed by atoms with E-state index in [1.165, 1.54) is 0 Å². The molecule has 6 heteroatoms. The Hall–Kier alpha value is -1.98. The van der Waals surface area contributed by atoms with Crippen LogP contribution >= 0.6 is 0 Å². The van der Waals surface area contributed by atoms with E-state index in [2.05, 4.69) is 15.3 Å². The Labute approximate surface area is 118 Å². The third-order valence-corrected chi connectivity index (χ3v) is 3.40. The first kappa shape index (κ1) is 14.4. The Morgan fingerprint density at radius 3 is 2.55 bits per heavy atom. The average Bonchev–Trinajstić information content (AvgIpc) is 2.41. The number of aromatic nitrogens is 2. The van der Waals surface area contributed by atoms with Gasteiger partial charge in [0.25, 0.3) is 0 Å². The molecule has 1 aromatic rings. The second-order valence-electron chi connectivity index (χ2n) is 5.52. The highest BCUT2D eigenvalue weighted by Crippen LogP contribution is 2.22. The van der Waals surface area contributed by atoms with Gasteiger partial charge in [-0.25, -0.2) is 9.97 Å². The van der Waals surface area contributed by atoms with Gasteiger partial charge < -0.3 is 10.2 Å². The van der Waals surface area contributed by atoms with Crippen molar-refractivity contribution in [3.05, 3.63) is 24.3 Å². The Kier molecular flexibility index (Phi) is 4.01. The molecule has 20 heavy (non-hydrogen) atoms. The molecule has 1 aliphatic heterocycles. The van der Waals surface area contributed by atoms with E-state index >= 15 is 0 Å². The highest BCUT2D eigenvalue weighted by Gasteiger charge is 2.44. The molecule has 0 aliphatic carbocycles. The topological polar surface area (TPSA) is 75.2 Å². The molecule has 1 N–H and O–H groups in total. The van der Waals surface area contributed by atoms with E-state index in [4.69, 9.17) is 0 Å². The number of piperazine rings is 1. The fraction of sp³-hybridized carbons (Fsp3) is 0.571. The van der Waals surface area contributed by atoms with Gasteiger partial charge in [0.2, 0.25) is 11.8 Å². The molecular weight excluding hydrogens is 256 g/mol. The Bertz CT molecular complexity index is 501. The third-order valence-electron chi connectivity index (χ3n) is 3.40. The van der Waals surface area contributed by atoms with Crippen molar-refractivity contribution < 1.29 is 9.59 Å². The van der Waals surface area contributed by atoms with Gasteiger partial charge in [-0.3, -0.25) is 9.59 Å². The monoisotopic (exact) mass is 276 g/mol. The van der Waals surface area contributed by atoms with Crippen molar-refractivity contribution in [2.75, 3.05) is 0 Å². The van der Waals surface area contributed by atoms with Crippen LogP contribution in [0.1, 0.15) is 39.4 Å². The molecule has 1 aromatic heterocycles. The van der Waals surface area contributed by atoms with E-state index in [1.54, 1.807) is 37.2 Å². The summed E-state index contributed by atoms with van der Waals surface area (Å²) in [5, 5.41) is 2.79. The van der Waals surface area contributed by atoms with Crippen LogP contribution in [0.15, 0.2) is 18.5 Å². The van der Waals surface area contributed by atoms with E-state index < -0.39 is 11.6 Å². The predicted octanol–water partition coefficient (Wildman–Crippen LogP) is 0.882. The van der Waals surface area contributed by atoms with Crippen molar-refractivity contribution in [2.45, 2.75) is 51.7 Å². The summed E-state index contributed by atoms with van der Waals surface area (Å²) in [6, 6.07) is 1.28. The van der Waals surface area contributed by atoms with Gasteiger partial charge in [0.15, 0.2) is 0 Å². The molecule has 0 aromatic carbocycles. The lowest BCUT2D eigenvalue weighted by atomic mass is 9.95. The number of amides is 2. The summed E-state index contributed by atoms with van der Waals surface area (Å²) in [6.45, 7) is 5.69. The van der Waals surface area contributed by atoms with Crippen LogP contribution in [0.4, 0.5) is 0 Å². The molecule has 2 rings (SSSR count). The number of hydrogen-bond donors (Lipinski definition) is 1. The number of nitrogens with zero attached hydrogens (tertiary/aromatic N) is 3. The minimum atomic E-state index is -0.879. The van der Waals surface area contributed by atoms with Crippen LogP contribution in [0.3, 0.4) is 0 Å². The van der Waals surface area contributed by atoms with Gasteiger partial charge in [0.1, 0.15) is 17.4 Å². The first-order valence-corrected chi connectivity index (χ1v) is 6.84. The van der Waals surface area contributed by atoms with Crippen LogP contribution < -0.4 is 5.32 Å². The number of carbonyl (C=O) groups excluding carboxylic acids is 2. The van der Waals surface area contributed by atoms with Crippen molar-refractivity contribution in [3.8, 4) is 0 Å². The maximum absolute atomic E-state index is 12.5. The predicted molar refractivity (Wildman–Crippen MR) is 73.5 cm³/mol. The largest absolute Gasteiger partial charge is 0.340 e. The standard InChI is InChI=1S/C14H20N4O2/c1-4-6-10-12(19)17-14(2,3)13(20)18(10)9-11-15-7-5-8-16-11/h5,7-8,10H,4,6,9H2,1-3H3,(H,17,19). The van der Waals surface area contributed by atoms with Gasteiger partial charge in [-0.05, 0) is 26.3 Å². The maximum Gasteiger partial charge on any atom is 0.248 e. The summed E-state index contributed by atoms with van der Waals surface area (Å²) in [6.07, 6.45) is 4.74. The van der Waals surface area contributed by atoms with Gasteiger partial charge >= 0.3 is 0 Å². The average molecular weight is 276 g/mol. The molecule has 1 fully saturated rings. The molecule has 1 atom stereocenters. The first-order valence-electron chi connectivity index (χ1n) is 6.84. The van der Waals surface area contributed by atoms with E-state index in [1.807, 2.05) is 6.92 Å². The molecule has 1 saturated heterocycles. The zero-order valence-corrected chi connectivity index (χ0v) is 12.1. The van der Waals surface area contributed by atoms with Crippen LogP contribution in [0.5, 0.6) is 0 Å². The van der Waals surface area contributed by atoms with E-state index in [0.29, 0.717) is 12.2 Å². The zero-order valence-electron chi connectivity index (χ0n) is 12.1. The molecule has 2 amide bonds. The van der Waals surface area contributed by atoms with Crippen molar-refractivity contribution >= 4 is 11.8 Å². The minimum absolute atomic E-state index is 0.0944. The van der Waals surface area contributed by atoms with Crippen LogP contribution in [0.25, 0.3) is 0 Å². The number of rotatable bonds is 4. The van der Waals surface area contributed by atoms with Crippen LogP contribution in [0, 0.1) is 0 Å². The van der Waals surface area contributed by atoms with E-state index in [0.717, 1.165) is 6.42 Å². The molecule has 0 spiro atoms. The molecular formula is C14H20N4O2. The quantitative estimate of drug-likeness (QED) is 0.886. The van der Waals surface area contributed by atoms with Crippen molar-refractivity contribution in [1.29, 1.82) is 0 Å². The smallest absolute Gasteiger partial charge is 0.248 e. The molecule has 108 valence electrons. The van der Waals surface area contributed by atoms with Gasteiger partial charge in [0.05, 0.1) is 6.54 Å². The van der Waals surface area contributed by atoms with Crippen molar-refractivity contribution in [1.82, 2.24) is 20.2 Å². The highest BCUT2D eigenvalue weighted by molar-refractivity contribution is 5.99. The lowest BCUT2D eigenvalue weighted by Crippen LogP contribution is -2.67. The fourth-order valence-corrected chi connectivity index (χ4v) is 2.39. The molecule has 6 nitrogen and oxygen atoms in total. The van der Waals surface area contributed by atoms with Crippen molar-refractivity contribution in [2.24, 2.45) is 0 Å². The van der Waals surface area contributed by atoms with E-state index in [-0.39, 0.29) is 18.4 Å². The van der Waals surface area contributed by atoms with Crippen LogP contribution in [0.2, 0.25) is 0 Å². The number of hydrogen-bond acceptors (Lipinski definition) is 4. The normalized spacial score (nSPS) is 21.8. The molecule has 1 unspecified atom stereocenters. The molecule has 1 aliphatic rings. The first-order chi connectivity index (χ1) is 9.45. The summed E-state index contributed by atoms with van der Waals surface area (Å²) >= 11 is 0. The lowest BCUT2D eigenvalue weighted by Gasteiger charge is -2.42. The molecule has 0 radical (unpaired) electrons. The van der Waals surface area contributed by atoms with Gasteiger partial charge in [-0.2, -0.15) is 0 Å². The second kappa shape index (κ2) is 5.56. The van der Waals surface area contributed by atoms with Crippen LogP contribution in [-0.4, -0.2) is 38.3 Å². The highest BCUT2D eigenvalue weighted by atomic mass is 16.2. The van der Waals surface area contributed by atoms with Gasteiger partial charge in [-0.1, -0.05) is 13.3 Å². The fourth-order valence-electron chi connectivity index (χ4n) is 2.39. The SMILES string of the molecule is CCCC1C(=O)NC(C)(C)C(=O)N1Cc1ncccn1. The molecule has 2 heterocycles. The second-order valence-corrected chi connectivity index (χ2v) is 5.52. The molecule has 0 saturated carbocycles. The third kappa shape index (κ3) is 2.79. The Balaban J connectivity index is 2.27. The Morgan fingerprint density at radius 2 is 1.95 bits per heavy atom. The maximum atomic E-state index is 12.5. The minimum Gasteiger partial charge on any atom is -0.340 e. The number of nitrogens with one attached hydrogen (secondary N) is 1. The zero-order chi connectivity index (χ0) is 14.8. The van der Waals surface area contributed by atoms with Gasteiger partial charge in [-0.15, -0.1) is 0 Å². The van der Waals surface area contributed by atoms with Gasteiger partial charge in [0, 0.05) is 12.4 Å². The summed E-state index contributed by atoms with van der Waals surface area (Å²) < 4.78 is 0. The molecule has 0 bridgehead atoms. The number of carbonyl (C=O) groups is 2. The summed E-state index contributed by atoms with van der Waals surface area (Å²) in [5.41, 5.74) is -0.879. The van der Waals surface area contributed by atoms with Crippen LogP contribution in [-0.2, 0) is 16.1 Å². The Morgan fingerprint density at radius 1 is 1.30 bits per heavy atom. The lowest BCUT2D eigenvalue weighted by molar-refractivity contribution is -0.154.